The van der Waals surface area contributed by atoms with E-state index in [4.69, 9.17) is 14.7 Å². The summed E-state index contributed by atoms with van der Waals surface area (Å²) in [7, 11) is 0. The Hall–Kier alpha value is -4.32. The summed E-state index contributed by atoms with van der Waals surface area (Å²) in [6.07, 6.45) is 6.09. The Balaban J connectivity index is 1.68. The fraction of sp³-hybridized carbons (Fsp3) is 0.143. The number of nitrogens with zero attached hydrogens (tertiary/aromatic N) is 3. The number of ether oxygens (including phenoxy) is 1. The Morgan fingerprint density at radius 3 is 2.85 bits per heavy atom. The summed E-state index contributed by atoms with van der Waals surface area (Å²) in [5, 5.41) is 11.6. The number of benzene rings is 2. The van der Waals surface area contributed by atoms with E-state index in [-0.39, 0.29) is 6.42 Å². The van der Waals surface area contributed by atoms with Crippen molar-refractivity contribution in [3.8, 4) is 28.1 Å². The first-order valence-corrected chi connectivity index (χ1v) is 11.2. The van der Waals surface area contributed by atoms with Crippen LogP contribution in [0.4, 0.5) is 0 Å². The second kappa shape index (κ2) is 7.92. The molecular weight excluding hydrogens is 426 g/mol. The molecular formula is C28H21N3O3. The van der Waals surface area contributed by atoms with Gasteiger partial charge in [0.2, 0.25) is 0 Å². The number of rotatable bonds is 4. The lowest BCUT2D eigenvalue weighted by atomic mass is 9.87. The van der Waals surface area contributed by atoms with Crippen molar-refractivity contribution in [3.05, 3.63) is 83.8 Å². The summed E-state index contributed by atoms with van der Waals surface area (Å²) in [5.41, 5.74) is 7.99. The molecule has 0 bridgehead atoms. The van der Waals surface area contributed by atoms with Crippen LogP contribution >= 0.6 is 0 Å². The van der Waals surface area contributed by atoms with Crippen LogP contribution in [0.2, 0.25) is 0 Å². The van der Waals surface area contributed by atoms with E-state index in [0.29, 0.717) is 6.61 Å². The summed E-state index contributed by atoms with van der Waals surface area (Å²) in [4.78, 5) is 25.7. The number of hydrogen-bond donors (Lipinski definition) is 1. The van der Waals surface area contributed by atoms with Gasteiger partial charge >= 0.3 is 5.97 Å². The molecule has 0 atom stereocenters. The minimum atomic E-state index is -0.873. The van der Waals surface area contributed by atoms with Crippen molar-refractivity contribution in [2.75, 3.05) is 6.61 Å². The molecule has 1 N–H and O–H groups in total. The molecule has 1 aliphatic rings. The van der Waals surface area contributed by atoms with Crippen LogP contribution in [0.3, 0.4) is 0 Å². The average Bonchev–Trinajstić information content (AvgIpc) is 2.85. The number of carbonyl (C=O) groups is 1. The van der Waals surface area contributed by atoms with Gasteiger partial charge in [-0.3, -0.25) is 14.8 Å². The number of pyridine rings is 3. The summed E-state index contributed by atoms with van der Waals surface area (Å²) < 4.78 is 5.90. The number of carboxylic acid groups (broad SMARTS) is 1. The second-order valence-corrected chi connectivity index (χ2v) is 8.53. The second-order valence-electron chi connectivity index (χ2n) is 8.53. The van der Waals surface area contributed by atoms with Gasteiger partial charge in [-0.15, -0.1) is 0 Å². The Bertz CT molecular complexity index is 1590. The SMILES string of the molecule is Cc1cc2nc(-c3cccnc3)ccc2c(-c2ccc3c4c(ccnc24)CCO3)c1CC(=O)O. The number of fused-ring (bicyclic) bond motifs is 1. The molecule has 6 rings (SSSR count). The maximum atomic E-state index is 11.8. The standard InChI is InChI=1S/C28H21N3O3/c1-16-13-23-19(4-6-22(31-23)18-3-2-10-29-15-18)27(21(16)14-25(32)33)20-5-7-24-26-17(9-12-34-24)8-11-30-28(20)26/h2-8,10-11,13,15H,9,12,14H2,1H3,(H,32,33). The van der Waals surface area contributed by atoms with Gasteiger partial charge in [0, 0.05) is 46.9 Å². The zero-order valence-electron chi connectivity index (χ0n) is 18.6. The van der Waals surface area contributed by atoms with Gasteiger partial charge in [-0.25, -0.2) is 4.98 Å². The predicted octanol–water partition coefficient (Wildman–Crippen LogP) is 5.38. The van der Waals surface area contributed by atoms with Crippen LogP contribution in [0.5, 0.6) is 5.75 Å². The highest BCUT2D eigenvalue weighted by atomic mass is 16.5. The van der Waals surface area contributed by atoms with Crippen molar-refractivity contribution in [3.63, 3.8) is 0 Å². The first-order chi connectivity index (χ1) is 16.6. The third-order valence-corrected chi connectivity index (χ3v) is 6.45. The Kier molecular flexibility index (Phi) is 4.73. The van der Waals surface area contributed by atoms with Gasteiger partial charge in [0.15, 0.2) is 0 Å². The van der Waals surface area contributed by atoms with Crippen molar-refractivity contribution >= 4 is 27.8 Å². The summed E-state index contributed by atoms with van der Waals surface area (Å²) >= 11 is 0. The van der Waals surface area contributed by atoms with Crippen LogP contribution in [0, 0.1) is 6.92 Å². The van der Waals surface area contributed by atoms with Gasteiger partial charge in [0.25, 0.3) is 0 Å². The number of aromatic nitrogens is 3. The summed E-state index contributed by atoms with van der Waals surface area (Å²) in [5.74, 6) is -0.0514. The molecule has 5 aromatic rings. The maximum Gasteiger partial charge on any atom is 0.307 e. The largest absolute Gasteiger partial charge is 0.493 e. The third-order valence-electron chi connectivity index (χ3n) is 6.45. The fourth-order valence-corrected chi connectivity index (χ4v) is 4.91. The molecule has 3 aromatic heterocycles. The van der Waals surface area contributed by atoms with Crippen LogP contribution in [0.15, 0.2) is 67.1 Å². The monoisotopic (exact) mass is 447 g/mol. The van der Waals surface area contributed by atoms with E-state index in [1.165, 1.54) is 5.56 Å². The number of hydrogen-bond acceptors (Lipinski definition) is 5. The minimum absolute atomic E-state index is 0.0824. The Morgan fingerprint density at radius 1 is 1.12 bits per heavy atom. The maximum absolute atomic E-state index is 11.8. The van der Waals surface area contributed by atoms with Crippen LogP contribution in [-0.4, -0.2) is 32.6 Å². The molecule has 0 aliphatic carbocycles. The molecule has 2 aromatic carbocycles. The molecule has 6 heteroatoms. The van der Waals surface area contributed by atoms with Crippen molar-refractivity contribution in [2.45, 2.75) is 19.8 Å². The van der Waals surface area contributed by atoms with E-state index in [2.05, 4.69) is 4.98 Å². The third kappa shape index (κ3) is 3.27. The van der Waals surface area contributed by atoms with Crippen LogP contribution in [-0.2, 0) is 17.6 Å². The van der Waals surface area contributed by atoms with Crippen LogP contribution in [0.25, 0.3) is 44.2 Å². The molecule has 6 nitrogen and oxygen atoms in total. The zero-order valence-corrected chi connectivity index (χ0v) is 18.6. The number of aliphatic carboxylic acids is 1. The van der Waals surface area contributed by atoms with Crippen LogP contribution < -0.4 is 4.74 Å². The molecule has 4 heterocycles. The molecule has 0 amide bonds. The highest BCUT2D eigenvalue weighted by Crippen LogP contribution is 2.42. The lowest BCUT2D eigenvalue weighted by molar-refractivity contribution is -0.136. The highest BCUT2D eigenvalue weighted by Gasteiger charge is 2.22. The lowest BCUT2D eigenvalue weighted by Gasteiger charge is -2.21. The van der Waals surface area contributed by atoms with Gasteiger partial charge in [-0.1, -0.05) is 6.07 Å². The first kappa shape index (κ1) is 20.3. The predicted molar refractivity (Wildman–Crippen MR) is 131 cm³/mol. The van der Waals surface area contributed by atoms with E-state index >= 15 is 0 Å². The quantitative estimate of drug-likeness (QED) is 0.398. The molecule has 0 radical (unpaired) electrons. The van der Waals surface area contributed by atoms with E-state index in [0.717, 1.165) is 67.5 Å². The molecule has 0 saturated carbocycles. The van der Waals surface area contributed by atoms with E-state index < -0.39 is 5.97 Å². The van der Waals surface area contributed by atoms with Gasteiger partial charge < -0.3 is 9.84 Å². The highest BCUT2D eigenvalue weighted by molar-refractivity contribution is 6.08. The van der Waals surface area contributed by atoms with E-state index in [9.17, 15) is 9.90 Å². The smallest absolute Gasteiger partial charge is 0.307 e. The summed E-state index contributed by atoms with van der Waals surface area (Å²) in [6, 6.07) is 15.8. The molecule has 0 fully saturated rings. The molecule has 34 heavy (non-hydrogen) atoms. The Morgan fingerprint density at radius 2 is 2.03 bits per heavy atom. The first-order valence-electron chi connectivity index (χ1n) is 11.2. The molecule has 0 spiro atoms. The number of carboxylic acids is 1. The zero-order chi connectivity index (χ0) is 23.2. The minimum Gasteiger partial charge on any atom is -0.493 e. The number of aryl methyl sites for hydroxylation is 1. The van der Waals surface area contributed by atoms with Gasteiger partial charge in [0.05, 0.1) is 29.8 Å². The van der Waals surface area contributed by atoms with Gasteiger partial charge in [-0.2, -0.15) is 0 Å². The molecule has 166 valence electrons. The molecule has 0 unspecified atom stereocenters. The van der Waals surface area contributed by atoms with Crippen molar-refractivity contribution in [1.29, 1.82) is 0 Å². The summed E-state index contributed by atoms with van der Waals surface area (Å²) in [6.45, 7) is 2.59. The molecule has 0 saturated heterocycles. The van der Waals surface area contributed by atoms with E-state index in [1.54, 1.807) is 12.4 Å². The fourth-order valence-electron chi connectivity index (χ4n) is 4.91. The van der Waals surface area contributed by atoms with Crippen molar-refractivity contribution in [1.82, 2.24) is 15.0 Å². The Labute approximate surface area is 195 Å². The van der Waals surface area contributed by atoms with Gasteiger partial charge in [0.1, 0.15) is 5.75 Å². The molecule has 1 aliphatic heterocycles. The van der Waals surface area contributed by atoms with Crippen molar-refractivity contribution in [2.24, 2.45) is 0 Å². The lowest BCUT2D eigenvalue weighted by Crippen LogP contribution is -2.10. The van der Waals surface area contributed by atoms with Gasteiger partial charge in [-0.05, 0) is 71.6 Å². The van der Waals surface area contributed by atoms with E-state index in [1.807, 2.05) is 61.7 Å². The van der Waals surface area contributed by atoms with Crippen molar-refractivity contribution < 1.29 is 14.6 Å². The normalized spacial score (nSPS) is 12.6. The van der Waals surface area contributed by atoms with Crippen LogP contribution in [0.1, 0.15) is 16.7 Å². The topological polar surface area (TPSA) is 85.2 Å². The average molecular weight is 447 g/mol.